The molecule has 0 atom stereocenters. The molecule has 2 heterocycles. The molecule has 24 heavy (non-hydrogen) atoms. The maximum absolute atomic E-state index is 5.12. The molecule has 0 saturated carbocycles. The minimum absolute atomic E-state index is 0. The van der Waals surface area contributed by atoms with Crippen LogP contribution in [0.4, 0.5) is 0 Å². The van der Waals surface area contributed by atoms with Crippen LogP contribution in [0.15, 0.2) is 21.8 Å². The third kappa shape index (κ3) is 7.80. The minimum Gasteiger partial charge on any atom is -0.385 e. The first kappa shape index (κ1) is 21.2. The summed E-state index contributed by atoms with van der Waals surface area (Å²) in [4.78, 5) is 7.08. The Kier molecular flexibility index (Phi) is 11.0. The monoisotopic (exact) mass is 451 g/mol. The predicted octanol–water partition coefficient (Wildman–Crippen LogP) is 1.85. The van der Waals surface area contributed by atoms with Gasteiger partial charge in [0.05, 0.1) is 6.54 Å². The Hall–Kier alpha value is -0.870. The van der Waals surface area contributed by atoms with Crippen LogP contribution in [0.25, 0.3) is 0 Å². The zero-order valence-electron chi connectivity index (χ0n) is 14.7. The van der Waals surface area contributed by atoms with Gasteiger partial charge < -0.3 is 24.8 Å². The summed E-state index contributed by atoms with van der Waals surface area (Å²) in [6.07, 6.45) is 4.96. The lowest BCUT2D eigenvalue weighted by molar-refractivity contribution is 0.155. The lowest BCUT2D eigenvalue weighted by Crippen LogP contribution is -2.48. The van der Waals surface area contributed by atoms with E-state index in [2.05, 4.69) is 32.6 Å². The fraction of sp³-hybridized carbons (Fsp3) is 0.750. The topological polar surface area (TPSA) is 74.9 Å². The average Bonchev–Trinajstić information content (AvgIpc) is 3.08. The third-order valence-corrected chi connectivity index (χ3v) is 3.99. The van der Waals surface area contributed by atoms with E-state index in [0.717, 1.165) is 63.7 Å². The van der Waals surface area contributed by atoms with Crippen molar-refractivity contribution in [3.05, 3.63) is 18.0 Å². The molecule has 2 rings (SSSR count). The van der Waals surface area contributed by atoms with Crippen LogP contribution in [-0.4, -0.2) is 62.0 Å². The van der Waals surface area contributed by atoms with Gasteiger partial charge in [-0.25, -0.2) is 4.99 Å². The van der Waals surface area contributed by atoms with Crippen molar-refractivity contribution in [2.24, 2.45) is 4.99 Å². The third-order valence-electron chi connectivity index (χ3n) is 3.99. The Balaban J connectivity index is 0.00000288. The molecular formula is C16H30IN5O2. The number of methoxy groups -OCH3 is 1. The van der Waals surface area contributed by atoms with Crippen molar-refractivity contribution in [2.45, 2.75) is 38.8 Å². The summed E-state index contributed by atoms with van der Waals surface area (Å²) >= 11 is 0. The fourth-order valence-corrected chi connectivity index (χ4v) is 2.73. The fourth-order valence-electron chi connectivity index (χ4n) is 2.73. The van der Waals surface area contributed by atoms with E-state index in [4.69, 9.17) is 9.26 Å². The maximum atomic E-state index is 5.12. The molecule has 0 aliphatic carbocycles. The van der Waals surface area contributed by atoms with Crippen LogP contribution in [0.1, 0.15) is 31.9 Å². The Morgan fingerprint density at radius 2 is 2.25 bits per heavy atom. The molecule has 0 amide bonds. The SMILES string of the molecule is CCNC(=NCc1ccon1)NC1CCN(CCCOC)CC1.I. The summed E-state index contributed by atoms with van der Waals surface area (Å²) in [6, 6.07) is 2.31. The number of ether oxygens (including phenoxy) is 1. The van der Waals surface area contributed by atoms with Crippen LogP contribution in [0.3, 0.4) is 0 Å². The van der Waals surface area contributed by atoms with Gasteiger partial charge in [0.1, 0.15) is 12.0 Å². The van der Waals surface area contributed by atoms with Crippen molar-refractivity contribution in [3.63, 3.8) is 0 Å². The molecule has 1 aliphatic rings. The van der Waals surface area contributed by atoms with Gasteiger partial charge in [-0.3, -0.25) is 0 Å². The van der Waals surface area contributed by atoms with Gasteiger partial charge in [0.15, 0.2) is 5.96 Å². The second-order valence-electron chi connectivity index (χ2n) is 5.79. The van der Waals surface area contributed by atoms with Crippen LogP contribution in [-0.2, 0) is 11.3 Å². The van der Waals surface area contributed by atoms with Crippen molar-refractivity contribution < 1.29 is 9.26 Å². The maximum Gasteiger partial charge on any atom is 0.191 e. The number of rotatable bonds is 8. The molecule has 138 valence electrons. The molecule has 1 aromatic heterocycles. The number of likely N-dealkylation sites (tertiary alicyclic amines) is 1. The van der Waals surface area contributed by atoms with Gasteiger partial charge in [0.2, 0.25) is 0 Å². The summed E-state index contributed by atoms with van der Waals surface area (Å²) in [5, 5.41) is 10.7. The number of guanidine groups is 1. The molecule has 8 heteroatoms. The zero-order chi connectivity index (χ0) is 16.3. The summed E-state index contributed by atoms with van der Waals surface area (Å²) in [5.74, 6) is 0.855. The van der Waals surface area contributed by atoms with E-state index in [0.29, 0.717) is 12.6 Å². The molecule has 0 spiro atoms. The minimum atomic E-state index is 0. The first-order chi connectivity index (χ1) is 11.3. The standard InChI is InChI=1S/C16H29N5O2.HI/c1-3-17-16(18-13-15-7-12-23-20-15)19-14-5-9-21(10-6-14)8-4-11-22-2;/h7,12,14H,3-6,8-11,13H2,1-2H3,(H2,17,18,19);1H. The molecule has 1 aliphatic heterocycles. The quantitative estimate of drug-likeness (QED) is 0.272. The number of halogens is 1. The summed E-state index contributed by atoms with van der Waals surface area (Å²) in [5.41, 5.74) is 0.843. The largest absolute Gasteiger partial charge is 0.385 e. The van der Waals surface area contributed by atoms with Crippen LogP contribution in [0.5, 0.6) is 0 Å². The van der Waals surface area contributed by atoms with Crippen LogP contribution >= 0.6 is 24.0 Å². The second-order valence-corrected chi connectivity index (χ2v) is 5.79. The number of nitrogens with one attached hydrogen (secondary N) is 2. The van der Waals surface area contributed by atoms with Gasteiger partial charge in [-0.1, -0.05) is 5.16 Å². The highest BCUT2D eigenvalue weighted by molar-refractivity contribution is 14.0. The molecule has 1 saturated heterocycles. The van der Waals surface area contributed by atoms with Crippen molar-refractivity contribution in [1.29, 1.82) is 0 Å². The molecule has 0 aromatic carbocycles. The Morgan fingerprint density at radius 3 is 2.88 bits per heavy atom. The van der Waals surface area contributed by atoms with Crippen LogP contribution < -0.4 is 10.6 Å². The van der Waals surface area contributed by atoms with Crippen molar-refractivity contribution in [1.82, 2.24) is 20.7 Å². The van der Waals surface area contributed by atoms with Crippen molar-refractivity contribution in [2.75, 3.05) is 39.9 Å². The molecule has 1 fully saturated rings. The molecule has 7 nitrogen and oxygen atoms in total. The predicted molar refractivity (Wildman–Crippen MR) is 106 cm³/mol. The molecular weight excluding hydrogens is 421 g/mol. The van der Waals surface area contributed by atoms with Crippen LogP contribution in [0, 0.1) is 0 Å². The van der Waals surface area contributed by atoms with E-state index in [-0.39, 0.29) is 24.0 Å². The van der Waals surface area contributed by atoms with Gasteiger partial charge in [0, 0.05) is 52.0 Å². The van der Waals surface area contributed by atoms with Gasteiger partial charge >= 0.3 is 0 Å². The molecule has 0 bridgehead atoms. The smallest absolute Gasteiger partial charge is 0.191 e. The lowest BCUT2D eigenvalue weighted by atomic mass is 10.1. The molecule has 0 unspecified atom stereocenters. The van der Waals surface area contributed by atoms with E-state index in [1.807, 2.05) is 6.07 Å². The van der Waals surface area contributed by atoms with E-state index in [9.17, 15) is 0 Å². The van der Waals surface area contributed by atoms with Gasteiger partial charge in [-0.05, 0) is 26.2 Å². The van der Waals surface area contributed by atoms with Crippen molar-refractivity contribution >= 4 is 29.9 Å². The average molecular weight is 451 g/mol. The van der Waals surface area contributed by atoms with E-state index < -0.39 is 0 Å². The second kappa shape index (κ2) is 12.5. The van der Waals surface area contributed by atoms with Gasteiger partial charge in [-0.15, -0.1) is 24.0 Å². The molecule has 2 N–H and O–H groups in total. The van der Waals surface area contributed by atoms with Crippen molar-refractivity contribution in [3.8, 4) is 0 Å². The molecule has 0 radical (unpaired) electrons. The summed E-state index contributed by atoms with van der Waals surface area (Å²) < 4.78 is 9.95. The summed E-state index contributed by atoms with van der Waals surface area (Å²) in [7, 11) is 1.76. The number of nitrogens with zero attached hydrogens (tertiary/aromatic N) is 3. The van der Waals surface area contributed by atoms with Gasteiger partial charge in [-0.2, -0.15) is 0 Å². The number of aliphatic imine (C=N–C) groups is 1. The Morgan fingerprint density at radius 1 is 1.46 bits per heavy atom. The Labute approximate surface area is 161 Å². The lowest BCUT2D eigenvalue weighted by Gasteiger charge is -2.33. The number of hydrogen-bond donors (Lipinski definition) is 2. The highest BCUT2D eigenvalue weighted by Gasteiger charge is 2.19. The Bertz CT molecular complexity index is 447. The number of piperidine rings is 1. The highest BCUT2D eigenvalue weighted by Crippen LogP contribution is 2.10. The van der Waals surface area contributed by atoms with E-state index in [1.54, 1.807) is 13.4 Å². The number of aromatic nitrogens is 1. The van der Waals surface area contributed by atoms with Gasteiger partial charge in [0.25, 0.3) is 0 Å². The van der Waals surface area contributed by atoms with E-state index >= 15 is 0 Å². The van der Waals surface area contributed by atoms with E-state index in [1.165, 1.54) is 0 Å². The highest BCUT2D eigenvalue weighted by atomic mass is 127. The van der Waals surface area contributed by atoms with Crippen LogP contribution in [0.2, 0.25) is 0 Å². The first-order valence-corrected chi connectivity index (χ1v) is 8.47. The normalized spacial score (nSPS) is 16.7. The zero-order valence-corrected chi connectivity index (χ0v) is 17.0. The number of hydrogen-bond acceptors (Lipinski definition) is 5. The summed E-state index contributed by atoms with van der Waals surface area (Å²) in [6.45, 7) is 7.68. The first-order valence-electron chi connectivity index (χ1n) is 8.47. The molecule has 1 aromatic rings.